The SMILES string of the molecule is COc1ccc(N=Cc2ccccc2[Si](C)(C)C)cc1. The lowest BCUT2D eigenvalue weighted by Crippen LogP contribution is -2.39. The normalized spacial score (nSPS) is 11.8. The second kappa shape index (κ2) is 6.05. The number of aliphatic imine (C=N–C) groups is 1. The average Bonchev–Trinajstić information content (AvgIpc) is 2.45. The summed E-state index contributed by atoms with van der Waals surface area (Å²) < 4.78 is 5.15. The van der Waals surface area contributed by atoms with Gasteiger partial charge in [-0.25, -0.2) is 0 Å². The largest absolute Gasteiger partial charge is 0.497 e. The lowest BCUT2D eigenvalue weighted by molar-refractivity contribution is 0.415. The van der Waals surface area contributed by atoms with Crippen LogP contribution in [0.2, 0.25) is 19.6 Å². The molecular weight excluding hydrogens is 262 g/mol. The molecule has 0 saturated heterocycles. The van der Waals surface area contributed by atoms with E-state index in [4.69, 9.17) is 4.74 Å². The van der Waals surface area contributed by atoms with E-state index < -0.39 is 8.07 Å². The van der Waals surface area contributed by atoms with Crippen LogP contribution in [0.3, 0.4) is 0 Å². The van der Waals surface area contributed by atoms with Crippen molar-refractivity contribution in [2.45, 2.75) is 19.6 Å². The highest BCUT2D eigenvalue weighted by Gasteiger charge is 2.18. The molecule has 2 rings (SSSR count). The quantitative estimate of drug-likeness (QED) is 0.614. The summed E-state index contributed by atoms with van der Waals surface area (Å²) in [4.78, 5) is 4.57. The van der Waals surface area contributed by atoms with Crippen LogP contribution < -0.4 is 9.92 Å². The Kier molecular flexibility index (Phi) is 4.40. The first-order valence-electron chi connectivity index (χ1n) is 6.78. The molecule has 2 aromatic carbocycles. The maximum absolute atomic E-state index is 5.15. The first-order chi connectivity index (χ1) is 9.50. The van der Waals surface area contributed by atoms with Gasteiger partial charge in [-0.1, -0.05) is 49.1 Å². The van der Waals surface area contributed by atoms with E-state index in [1.807, 2.05) is 30.5 Å². The molecule has 0 radical (unpaired) electrons. The average molecular weight is 283 g/mol. The highest BCUT2D eigenvalue weighted by molar-refractivity contribution is 6.89. The molecule has 0 aliphatic carbocycles. The van der Waals surface area contributed by atoms with E-state index in [0.717, 1.165) is 11.4 Å². The van der Waals surface area contributed by atoms with Gasteiger partial charge >= 0.3 is 0 Å². The zero-order chi connectivity index (χ0) is 14.6. The number of hydrogen-bond acceptors (Lipinski definition) is 2. The minimum atomic E-state index is -1.34. The van der Waals surface area contributed by atoms with Gasteiger partial charge in [-0.05, 0) is 29.8 Å². The fourth-order valence-corrected chi connectivity index (χ4v) is 3.72. The van der Waals surface area contributed by atoms with E-state index in [1.54, 1.807) is 7.11 Å². The van der Waals surface area contributed by atoms with Crippen LogP contribution in [0.15, 0.2) is 53.5 Å². The molecule has 0 heterocycles. The third kappa shape index (κ3) is 3.58. The Balaban J connectivity index is 2.27. The molecular formula is C17H21NOSi. The molecule has 0 aliphatic rings. The van der Waals surface area contributed by atoms with Crippen molar-refractivity contribution in [3.63, 3.8) is 0 Å². The highest BCUT2D eigenvalue weighted by atomic mass is 28.3. The van der Waals surface area contributed by atoms with Gasteiger partial charge in [-0.3, -0.25) is 4.99 Å². The van der Waals surface area contributed by atoms with Gasteiger partial charge in [0.05, 0.1) is 20.9 Å². The number of benzene rings is 2. The van der Waals surface area contributed by atoms with Crippen molar-refractivity contribution in [2.24, 2.45) is 4.99 Å². The first kappa shape index (κ1) is 14.5. The molecule has 0 N–H and O–H groups in total. The van der Waals surface area contributed by atoms with Crippen LogP contribution in [0.4, 0.5) is 5.69 Å². The van der Waals surface area contributed by atoms with E-state index in [9.17, 15) is 0 Å². The van der Waals surface area contributed by atoms with Gasteiger partial charge in [0, 0.05) is 6.21 Å². The van der Waals surface area contributed by atoms with Gasteiger partial charge in [0.25, 0.3) is 0 Å². The summed E-state index contributed by atoms with van der Waals surface area (Å²) in [7, 11) is 0.327. The molecule has 3 heteroatoms. The molecule has 0 spiro atoms. The number of nitrogens with zero attached hydrogens (tertiary/aromatic N) is 1. The molecule has 0 fully saturated rings. The lowest BCUT2D eigenvalue weighted by atomic mass is 10.2. The molecule has 0 bridgehead atoms. The third-order valence-corrected chi connectivity index (χ3v) is 5.27. The molecule has 2 nitrogen and oxygen atoms in total. The van der Waals surface area contributed by atoms with Gasteiger partial charge < -0.3 is 4.74 Å². The fourth-order valence-electron chi connectivity index (χ4n) is 2.10. The first-order valence-corrected chi connectivity index (χ1v) is 10.3. The number of ether oxygens (including phenoxy) is 1. The second-order valence-corrected chi connectivity index (χ2v) is 10.8. The predicted molar refractivity (Wildman–Crippen MR) is 89.7 cm³/mol. The monoisotopic (exact) mass is 283 g/mol. The van der Waals surface area contributed by atoms with E-state index in [1.165, 1.54) is 10.8 Å². The topological polar surface area (TPSA) is 21.6 Å². The Morgan fingerprint density at radius 2 is 1.60 bits per heavy atom. The Morgan fingerprint density at radius 1 is 0.950 bits per heavy atom. The fraction of sp³-hybridized carbons (Fsp3) is 0.235. The van der Waals surface area contributed by atoms with Crippen molar-refractivity contribution >= 4 is 25.2 Å². The summed E-state index contributed by atoms with van der Waals surface area (Å²) >= 11 is 0. The van der Waals surface area contributed by atoms with E-state index in [0.29, 0.717) is 0 Å². The van der Waals surface area contributed by atoms with Crippen molar-refractivity contribution in [1.82, 2.24) is 0 Å². The van der Waals surface area contributed by atoms with Crippen LogP contribution in [0, 0.1) is 0 Å². The highest BCUT2D eigenvalue weighted by Crippen LogP contribution is 2.17. The maximum atomic E-state index is 5.15. The number of hydrogen-bond donors (Lipinski definition) is 0. The molecule has 0 atom stereocenters. The predicted octanol–water partition coefficient (Wildman–Crippen LogP) is 3.99. The van der Waals surface area contributed by atoms with Crippen molar-refractivity contribution in [1.29, 1.82) is 0 Å². The van der Waals surface area contributed by atoms with E-state index in [2.05, 4.69) is 48.9 Å². The van der Waals surface area contributed by atoms with Crippen LogP contribution in [-0.4, -0.2) is 21.4 Å². The molecule has 2 aromatic rings. The maximum Gasteiger partial charge on any atom is 0.119 e. The minimum Gasteiger partial charge on any atom is -0.497 e. The van der Waals surface area contributed by atoms with Gasteiger partial charge in [0.2, 0.25) is 0 Å². The molecule has 0 amide bonds. The summed E-state index contributed by atoms with van der Waals surface area (Å²) in [6.07, 6.45) is 1.97. The molecule has 0 aliphatic heterocycles. The van der Waals surface area contributed by atoms with E-state index >= 15 is 0 Å². The van der Waals surface area contributed by atoms with Gasteiger partial charge in [-0.2, -0.15) is 0 Å². The van der Waals surface area contributed by atoms with Crippen LogP contribution >= 0.6 is 0 Å². The molecule has 0 aromatic heterocycles. The van der Waals surface area contributed by atoms with Crippen LogP contribution in [0.25, 0.3) is 0 Å². The van der Waals surface area contributed by atoms with Crippen molar-refractivity contribution in [3.05, 3.63) is 54.1 Å². The Labute approximate surface area is 122 Å². The van der Waals surface area contributed by atoms with Crippen molar-refractivity contribution in [2.75, 3.05) is 7.11 Å². The van der Waals surface area contributed by atoms with E-state index in [-0.39, 0.29) is 0 Å². The van der Waals surface area contributed by atoms with Crippen LogP contribution in [-0.2, 0) is 0 Å². The molecule has 20 heavy (non-hydrogen) atoms. The Morgan fingerprint density at radius 3 is 2.20 bits per heavy atom. The Bertz CT molecular complexity index is 597. The summed E-state index contributed by atoms with van der Waals surface area (Å²) in [5.74, 6) is 0.853. The zero-order valence-corrected chi connectivity index (χ0v) is 13.6. The standard InChI is InChI=1S/C17H21NOSi/c1-19-16-11-9-15(10-12-16)18-13-14-7-5-6-8-17(14)20(2,3)4/h5-13H,1-4H3. The van der Waals surface area contributed by atoms with Crippen molar-refractivity contribution in [3.8, 4) is 5.75 Å². The van der Waals surface area contributed by atoms with Gasteiger partial charge in [0.15, 0.2) is 0 Å². The molecule has 0 unspecified atom stereocenters. The molecule has 104 valence electrons. The van der Waals surface area contributed by atoms with Crippen molar-refractivity contribution < 1.29 is 4.74 Å². The lowest BCUT2D eigenvalue weighted by Gasteiger charge is -2.18. The van der Waals surface area contributed by atoms with Gasteiger partial charge in [0.1, 0.15) is 5.75 Å². The summed E-state index contributed by atoms with van der Waals surface area (Å²) in [6.45, 7) is 7.06. The zero-order valence-electron chi connectivity index (χ0n) is 12.6. The molecule has 0 saturated carbocycles. The Hall–Kier alpha value is -1.87. The number of methoxy groups -OCH3 is 1. The van der Waals surface area contributed by atoms with Gasteiger partial charge in [-0.15, -0.1) is 0 Å². The van der Waals surface area contributed by atoms with Crippen LogP contribution in [0.5, 0.6) is 5.75 Å². The van der Waals surface area contributed by atoms with Crippen LogP contribution in [0.1, 0.15) is 5.56 Å². The minimum absolute atomic E-state index is 0.853. The smallest absolute Gasteiger partial charge is 0.119 e. The third-order valence-electron chi connectivity index (χ3n) is 3.19. The number of rotatable bonds is 4. The second-order valence-electron chi connectivity index (χ2n) is 5.79. The summed E-state index contributed by atoms with van der Waals surface area (Å²) in [6, 6.07) is 16.3. The summed E-state index contributed by atoms with van der Waals surface area (Å²) in [5.41, 5.74) is 2.17. The summed E-state index contributed by atoms with van der Waals surface area (Å²) in [5, 5.41) is 1.44.